The molecule has 8 heteroatoms. The topological polar surface area (TPSA) is 85.3 Å². The number of nitrogen functional groups attached to an aromatic ring is 1. The first kappa shape index (κ1) is 23.9. The second-order valence-electron chi connectivity index (χ2n) is 9.59. The number of nitrogens with zero attached hydrogens (tertiary/aromatic N) is 6. The fraction of sp³-hybridized carbons (Fsp3) is 0.233. The van der Waals surface area contributed by atoms with Gasteiger partial charge in [-0.25, -0.2) is 4.98 Å². The van der Waals surface area contributed by atoms with E-state index in [9.17, 15) is 0 Å². The highest BCUT2D eigenvalue weighted by Gasteiger charge is 2.23. The minimum Gasteiger partial charge on any atom is -0.457 e. The Morgan fingerprint density at radius 2 is 1.53 bits per heavy atom. The van der Waals surface area contributed by atoms with Gasteiger partial charge in [0.1, 0.15) is 17.3 Å². The fourth-order valence-electron chi connectivity index (χ4n) is 4.89. The normalized spacial score (nSPS) is 14.2. The Bertz CT molecular complexity index is 1530. The van der Waals surface area contributed by atoms with Crippen molar-refractivity contribution in [2.45, 2.75) is 6.42 Å². The average molecular weight is 506 g/mol. The Kier molecular flexibility index (Phi) is 6.62. The Morgan fingerprint density at radius 3 is 2.29 bits per heavy atom. The summed E-state index contributed by atoms with van der Waals surface area (Å²) in [4.78, 5) is 14.6. The minimum absolute atomic E-state index is 0.543. The predicted octanol–water partition coefficient (Wildman–Crippen LogP) is 4.77. The minimum atomic E-state index is 0.543. The lowest BCUT2D eigenvalue weighted by Crippen LogP contribution is -2.47. The van der Waals surface area contributed by atoms with Crippen molar-refractivity contribution in [3.05, 3.63) is 90.5 Å². The van der Waals surface area contributed by atoms with Gasteiger partial charge in [0.25, 0.3) is 0 Å². The van der Waals surface area contributed by atoms with Crippen LogP contribution >= 0.6 is 0 Å². The molecule has 38 heavy (non-hydrogen) atoms. The Labute approximate surface area is 222 Å². The molecule has 1 fully saturated rings. The van der Waals surface area contributed by atoms with Crippen LogP contribution < -0.4 is 15.4 Å². The molecule has 0 spiro atoms. The first-order chi connectivity index (χ1) is 18.6. The molecule has 6 rings (SSSR count). The molecule has 0 bridgehead atoms. The van der Waals surface area contributed by atoms with Gasteiger partial charge in [-0.05, 0) is 36.2 Å². The van der Waals surface area contributed by atoms with Crippen molar-refractivity contribution in [1.29, 1.82) is 0 Å². The van der Waals surface area contributed by atoms with Crippen molar-refractivity contribution in [3.8, 4) is 22.8 Å². The highest BCUT2D eigenvalue weighted by atomic mass is 16.5. The highest BCUT2D eigenvalue weighted by molar-refractivity contribution is 5.99. The first-order valence-electron chi connectivity index (χ1n) is 13.0. The zero-order valence-corrected chi connectivity index (χ0v) is 21.5. The summed E-state index contributed by atoms with van der Waals surface area (Å²) in [5.74, 6) is 2.74. The van der Waals surface area contributed by atoms with Crippen LogP contribution in [0.15, 0.2) is 84.9 Å². The summed E-state index contributed by atoms with van der Waals surface area (Å²) in [7, 11) is 1.83. The van der Waals surface area contributed by atoms with Crippen molar-refractivity contribution >= 4 is 22.8 Å². The summed E-state index contributed by atoms with van der Waals surface area (Å²) in [6, 6.07) is 28.3. The summed E-state index contributed by atoms with van der Waals surface area (Å²) in [6.07, 6.45) is 1.06. The lowest BCUT2D eigenvalue weighted by molar-refractivity contribution is 0.260. The summed E-state index contributed by atoms with van der Waals surface area (Å²) in [5, 5.41) is 5.35. The average Bonchev–Trinajstić information content (AvgIpc) is 3.26. The van der Waals surface area contributed by atoms with E-state index in [1.807, 2.05) is 61.6 Å². The van der Waals surface area contributed by atoms with E-state index in [4.69, 9.17) is 20.4 Å². The van der Waals surface area contributed by atoms with Crippen LogP contribution in [0.1, 0.15) is 5.56 Å². The molecule has 0 aliphatic carbocycles. The monoisotopic (exact) mass is 505 g/mol. The number of aromatic nitrogens is 4. The van der Waals surface area contributed by atoms with E-state index in [1.54, 1.807) is 4.68 Å². The lowest BCUT2D eigenvalue weighted by atomic mass is 10.1. The Hall–Kier alpha value is -4.43. The first-order valence-corrected chi connectivity index (χ1v) is 13.0. The van der Waals surface area contributed by atoms with E-state index >= 15 is 0 Å². The molecule has 0 radical (unpaired) electrons. The van der Waals surface area contributed by atoms with Gasteiger partial charge in [0.15, 0.2) is 5.65 Å². The molecule has 2 aromatic heterocycles. The van der Waals surface area contributed by atoms with Crippen LogP contribution in [-0.4, -0.2) is 57.4 Å². The van der Waals surface area contributed by atoms with Crippen LogP contribution in [0.2, 0.25) is 0 Å². The number of nitrogens with two attached hydrogens (primary N) is 1. The van der Waals surface area contributed by atoms with Gasteiger partial charge < -0.3 is 15.4 Å². The number of benzene rings is 3. The molecule has 3 aromatic carbocycles. The summed E-state index contributed by atoms with van der Waals surface area (Å²) in [6.45, 7) is 4.70. The van der Waals surface area contributed by atoms with E-state index < -0.39 is 0 Å². The maximum atomic E-state index is 6.43. The number of anilines is 2. The summed E-state index contributed by atoms with van der Waals surface area (Å²) in [5.41, 5.74) is 10.1. The molecule has 0 saturated carbocycles. The second-order valence-corrected chi connectivity index (χ2v) is 9.59. The largest absolute Gasteiger partial charge is 0.457 e. The summed E-state index contributed by atoms with van der Waals surface area (Å²) >= 11 is 0. The van der Waals surface area contributed by atoms with Crippen LogP contribution in [0.3, 0.4) is 0 Å². The van der Waals surface area contributed by atoms with Gasteiger partial charge in [0.05, 0.1) is 11.1 Å². The number of rotatable bonds is 7. The van der Waals surface area contributed by atoms with Crippen LogP contribution in [0, 0.1) is 0 Å². The second kappa shape index (κ2) is 10.5. The molecule has 1 aliphatic heterocycles. The zero-order valence-electron chi connectivity index (χ0n) is 21.5. The van der Waals surface area contributed by atoms with Gasteiger partial charge in [-0.15, -0.1) is 0 Å². The van der Waals surface area contributed by atoms with Gasteiger partial charge in [0, 0.05) is 45.3 Å². The third-order valence-corrected chi connectivity index (χ3v) is 7.03. The summed E-state index contributed by atoms with van der Waals surface area (Å²) < 4.78 is 7.76. The predicted molar refractivity (Wildman–Crippen MR) is 151 cm³/mol. The standard InChI is InChI=1S/C30H31N7O/c1-35-28(31)26-27(23-11-8-14-25(21-23)38-24-12-6-3-7-13-24)32-30(33-29(26)34-35)37-19-17-36(18-20-37)16-15-22-9-4-2-5-10-22/h2-14,21H,15-20,31H2,1H3. The van der Waals surface area contributed by atoms with Crippen LogP contribution in [-0.2, 0) is 13.5 Å². The lowest BCUT2D eigenvalue weighted by Gasteiger charge is -2.34. The quantitative estimate of drug-likeness (QED) is 0.341. The molecular formula is C30H31N7O. The maximum Gasteiger partial charge on any atom is 0.228 e. The molecule has 1 saturated heterocycles. The van der Waals surface area contributed by atoms with Crippen molar-refractivity contribution < 1.29 is 4.74 Å². The molecule has 2 N–H and O–H groups in total. The Balaban J connectivity index is 1.25. The van der Waals surface area contributed by atoms with E-state index in [0.717, 1.165) is 67.3 Å². The van der Waals surface area contributed by atoms with Crippen molar-refractivity contribution in [2.24, 2.45) is 7.05 Å². The maximum absolute atomic E-state index is 6.43. The van der Waals surface area contributed by atoms with Crippen molar-refractivity contribution in [2.75, 3.05) is 43.4 Å². The van der Waals surface area contributed by atoms with Gasteiger partial charge in [-0.3, -0.25) is 9.58 Å². The molecule has 0 atom stereocenters. The van der Waals surface area contributed by atoms with Crippen molar-refractivity contribution in [3.63, 3.8) is 0 Å². The van der Waals surface area contributed by atoms with Crippen LogP contribution in [0.5, 0.6) is 11.5 Å². The molecule has 0 amide bonds. The number of fused-ring (bicyclic) bond motifs is 1. The number of para-hydroxylation sites is 1. The fourth-order valence-corrected chi connectivity index (χ4v) is 4.89. The van der Waals surface area contributed by atoms with E-state index in [1.165, 1.54) is 5.56 Å². The number of ether oxygens (including phenoxy) is 1. The van der Waals surface area contributed by atoms with Gasteiger partial charge in [0.2, 0.25) is 5.95 Å². The Morgan fingerprint density at radius 1 is 0.816 bits per heavy atom. The zero-order chi connectivity index (χ0) is 25.9. The van der Waals surface area contributed by atoms with Gasteiger partial charge in [-0.2, -0.15) is 10.1 Å². The molecule has 1 aliphatic rings. The van der Waals surface area contributed by atoms with Crippen LogP contribution in [0.25, 0.3) is 22.3 Å². The number of hydrogen-bond donors (Lipinski definition) is 1. The van der Waals surface area contributed by atoms with Gasteiger partial charge in [-0.1, -0.05) is 60.7 Å². The van der Waals surface area contributed by atoms with Crippen LogP contribution in [0.4, 0.5) is 11.8 Å². The van der Waals surface area contributed by atoms with E-state index in [0.29, 0.717) is 17.4 Å². The van der Waals surface area contributed by atoms with E-state index in [-0.39, 0.29) is 0 Å². The van der Waals surface area contributed by atoms with E-state index in [2.05, 4.69) is 45.2 Å². The highest BCUT2D eigenvalue weighted by Crippen LogP contribution is 2.34. The number of piperazine rings is 1. The third kappa shape index (κ3) is 5.03. The smallest absolute Gasteiger partial charge is 0.228 e. The SMILES string of the molecule is Cn1nc2nc(N3CCN(CCc4ccccc4)CC3)nc(-c3cccc(Oc4ccccc4)c3)c2c1N. The molecule has 5 aromatic rings. The molecule has 192 valence electrons. The number of hydrogen-bond acceptors (Lipinski definition) is 7. The molecular weight excluding hydrogens is 474 g/mol. The van der Waals surface area contributed by atoms with Gasteiger partial charge >= 0.3 is 0 Å². The van der Waals surface area contributed by atoms with Crippen molar-refractivity contribution in [1.82, 2.24) is 24.6 Å². The molecule has 8 nitrogen and oxygen atoms in total. The molecule has 3 heterocycles. The molecule has 0 unspecified atom stereocenters. The number of aryl methyl sites for hydroxylation is 1. The third-order valence-electron chi connectivity index (χ3n) is 7.03.